The summed E-state index contributed by atoms with van der Waals surface area (Å²) in [6, 6.07) is 7.02. The first-order valence-electron chi connectivity index (χ1n) is 11.3. The number of pyridine rings is 1. The van der Waals surface area contributed by atoms with Crippen LogP contribution in [0, 0.1) is 11.6 Å². The molecule has 0 amide bonds. The van der Waals surface area contributed by atoms with Crippen molar-refractivity contribution in [3.05, 3.63) is 48.3 Å². The highest BCUT2D eigenvalue weighted by Crippen LogP contribution is 2.39. The van der Waals surface area contributed by atoms with Crippen LogP contribution in [0.15, 0.2) is 36.7 Å². The number of benzene rings is 1. The SMILES string of the molecule is CC(C)N1CCOc2c(F)cc(-c3nc(Nc4ccc(NC5CCOC5)cn4)ncc3F)cc21. The lowest BCUT2D eigenvalue weighted by atomic mass is 10.1. The molecule has 0 bridgehead atoms. The molecule has 2 aliphatic rings. The van der Waals surface area contributed by atoms with Crippen molar-refractivity contribution in [1.82, 2.24) is 15.0 Å². The number of aromatic nitrogens is 3. The Kier molecular flexibility index (Phi) is 6.14. The summed E-state index contributed by atoms with van der Waals surface area (Å²) in [7, 11) is 0. The highest BCUT2D eigenvalue weighted by Gasteiger charge is 2.25. The molecule has 1 saturated heterocycles. The minimum absolute atomic E-state index is 0.00648. The Labute approximate surface area is 196 Å². The number of rotatable bonds is 6. The maximum Gasteiger partial charge on any atom is 0.229 e. The number of anilines is 4. The van der Waals surface area contributed by atoms with Crippen LogP contribution in [-0.4, -0.2) is 53.4 Å². The Bertz CT molecular complexity index is 1170. The van der Waals surface area contributed by atoms with Gasteiger partial charge in [-0.05, 0) is 44.5 Å². The molecule has 4 heterocycles. The Balaban J connectivity index is 1.39. The predicted molar refractivity (Wildman–Crippen MR) is 126 cm³/mol. The van der Waals surface area contributed by atoms with Gasteiger partial charge in [0, 0.05) is 18.2 Å². The van der Waals surface area contributed by atoms with Crippen LogP contribution in [0.2, 0.25) is 0 Å². The van der Waals surface area contributed by atoms with Crippen LogP contribution in [0.4, 0.5) is 31.9 Å². The summed E-state index contributed by atoms with van der Waals surface area (Å²) in [6.07, 6.45) is 3.72. The molecule has 0 aliphatic carbocycles. The molecule has 34 heavy (non-hydrogen) atoms. The van der Waals surface area contributed by atoms with Gasteiger partial charge in [0.2, 0.25) is 5.95 Å². The number of hydrogen-bond donors (Lipinski definition) is 2. The summed E-state index contributed by atoms with van der Waals surface area (Å²) < 4.78 is 40.5. The molecule has 178 valence electrons. The molecule has 1 fully saturated rings. The first-order valence-corrected chi connectivity index (χ1v) is 11.3. The average Bonchev–Trinajstić information content (AvgIpc) is 3.34. The lowest BCUT2D eigenvalue weighted by Gasteiger charge is -2.34. The summed E-state index contributed by atoms with van der Waals surface area (Å²) in [6.45, 7) is 6.48. The van der Waals surface area contributed by atoms with E-state index in [-0.39, 0.29) is 29.5 Å². The van der Waals surface area contributed by atoms with E-state index in [1.54, 1.807) is 18.3 Å². The van der Waals surface area contributed by atoms with Gasteiger partial charge < -0.3 is 25.0 Å². The van der Waals surface area contributed by atoms with Crippen molar-refractivity contribution < 1.29 is 18.3 Å². The van der Waals surface area contributed by atoms with Crippen molar-refractivity contribution in [2.75, 3.05) is 41.9 Å². The summed E-state index contributed by atoms with van der Waals surface area (Å²) in [5.74, 6) is -0.365. The molecule has 8 nitrogen and oxygen atoms in total. The minimum Gasteiger partial charge on any atom is -0.486 e. The fraction of sp³-hybridized carbons (Fsp3) is 0.375. The van der Waals surface area contributed by atoms with Crippen molar-refractivity contribution in [2.24, 2.45) is 0 Å². The maximum atomic E-state index is 14.9. The number of fused-ring (bicyclic) bond motifs is 1. The van der Waals surface area contributed by atoms with Crippen molar-refractivity contribution in [3.63, 3.8) is 0 Å². The van der Waals surface area contributed by atoms with Gasteiger partial charge in [-0.3, -0.25) is 0 Å². The van der Waals surface area contributed by atoms with Gasteiger partial charge in [0.1, 0.15) is 18.1 Å². The van der Waals surface area contributed by atoms with Crippen molar-refractivity contribution in [3.8, 4) is 17.0 Å². The second-order valence-corrected chi connectivity index (χ2v) is 8.59. The van der Waals surface area contributed by atoms with E-state index in [4.69, 9.17) is 9.47 Å². The standard InChI is InChI=1S/C24H26F2N6O2/c1-14(2)32-6-8-34-23-18(25)9-15(10-20(23)32)22-19(26)12-28-24(31-22)30-21-4-3-16(11-27-21)29-17-5-7-33-13-17/h3-4,9-12,14,17,29H,5-8,13H2,1-2H3,(H,27,28,30,31). The largest absolute Gasteiger partial charge is 0.486 e. The maximum absolute atomic E-state index is 14.9. The van der Waals surface area contributed by atoms with E-state index in [9.17, 15) is 8.78 Å². The second-order valence-electron chi connectivity index (χ2n) is 8.59. The van der Waals surface area contributed by atoms with Gasteiger partial charge in [-0.1, -0.05) is 0 Å². The van der Waals surface area contributed by atoms with Crippen molar-refractivity contribution in [2.45, 2.75) is 32.4 Å². The normalized spacial score (nSPS) is 17.4. The monoisotopic (exact) mass is 468 g/mol. The summed E-state index contributed by atoms with van der Waals surface area (Å²) in [5.41, 5.74) is 1.76. The smallest absolute Gasteiger partial charge is 0.229 e. The fourth-order valence-corrected chi connectivity index (χ4v) is 4.16. The Hall–Kier alpha value is -3.53. The highest BCUT2D eigenvalue weighted by atomic mass is 19.1. The average molecular weight is 469 g/mol. The van der Waals surface area contributed by atoms with Gasteiger partial charge in [0.15, 0.2) is 17.4 Å². The molecule has 2 aliphatic heterocycles. The Morgan fingerprint density at radius 1 is 1.09 bits per heavy atom. The van der Waals surface area contributed by atoms with Crippen LogP contribution in [0.25, 0.3) is 11.3 Å². The molecule has 10 heteroatoms. The second kappa shape index (κ2) is 9.38. The molecule has 2 N–H and O–H groups in total. The quantitative estimate of drug-likeness (QED) is 0.552. The van der Waals surface area contributed by atoms with E-state index >= 15 is 0 Å². The molecule has 1 atom stereocenters. The van der Waals surface area contributed by atoms with E-state index in [2.05, 4.69) is 25.6 Å². The van der Waals surface area contributed by atoms with E-state index in [0.717, 1.165) is 24.9 Å². The van der Waals surface area contributed by atoms with Crippen LogP contribution < -0.4 is 20.3 Å². The Morgan fingerprint density at radius 2 is 1.97 bits per heavy atom. The van der Waals surface area contributed by atoms with Crippen LogP contribution in [0.5, 0.6) is 5.75 Å². The molecule has 1 aromatic carbocycles. The van der Waals surface area contributed by atoms with Gasteiger partial charge in [-0.15, -0.1) is 0 Å². The zero-order valence-electron chi connectivity index (χ0n) is 19.0. The number of ether oxygens (including phenoxy) is 2. The topological polar surface area (TPSA) is 84.4 Å². The zero-order chi connectivity index (χ0) is 23.7. The van der Waals surface area contributed by atoms with Crippen molar-refractivity contribution in [1.29, 1.82) is 0 Å². The van der Waals surface area contributed by atoms with Gasteiger partial charge in [0.25, 0.3) is 0 Å². The van der Waals surface area contributed by atoms with Crippen LogP contribution in [0.3, 0.4) is 0 Å². The summed E-state index contributed by atoms with van der Waals surface area (Å²) >= 11 is 0. The van der Waals surface area contributed by atoms with Gasteiger partial charge in [0.05, 0.1) is 43.0 Å². The van der Waals surface area contributed by atoms with E-state index in [1.807, 2.05) is 24.8 Å². The van der Waals surface area contributed by atoms with E-state index in [1.165, 1.54) is 6.07 Å². The highest BCUT2D eigenvalue weighted by molar-refractivity contribution is 5.73. The minimum atomic E-state index is -0.649. The number of hydrogen-bond acceptors (Lipinski definition) is 8. The molecule has 0 spiro atoms. The van der Waals surface area contributed by atoms with Crippen LogP contribution in [0.1, 0.15) is 20.3 Å². The van der Waals surface area contributed by atoms with Crippen LogP contribution in [-0.2, 0) is 4.74 Å². The molecular formula is C24H26F2N6O2. The lowest BCUT2D eigenvalue weighted by Crippen LogP contribution is -2.38. The number of halogens is 2. The summed E-state index contributed by atoms with van der Waals surface area (Å²) in [5, 5.41) is 6.35. The first-order chi connectivity index (χ1) is 16.5. The summed E-state index contributed by atoms with van der Waals surface area (Å²) in [4.78, 5) is 14.7. The lowest BCUT2D eigenvalue weighted by molar-refractivity contribution is 0.195. The predicted octanol–water partition coefficient (Wildman–Crippen LogP) is 4.37. The molecule has 0 saturated carbocycles. The third-order valence-corrected chi connectivity index (χ3v) is 5.86. The van der Waals surface area contributed by atoms with E-state index < -0.39 is 11.6 Å². The van der Waals surface area contributed by atoms with Crippen LogP contribution >= 0.6 is 0 Å². The van der Waals surface area contributed by atoms with Gasteiger partial charge >= 0.3 is 0 Å². The third-order valence-electron chi connectivity index (χ3n) is 5.86. The third kappa shape index (κ3) is 4.58. The molecule has 5 rings (SSSR count). The zero-order valence-corrected chi connectivity index (χ0v) is 19.0. The first kappa shape index (κ1) is 22.3. The number of nitrogens with zero attached hydrogens (tertiary/aromatic N) is 4. The van der Waals surface area contributed by atoms with Gasteiger partial charge in [-0.25, -0.2) is 23.7 Å². The molecule has 3 aromatic rings. The molecular weight excluding hydrogens is 442 g/mol. The number of nitrogens with one attached hydrogen (secondary N) is 2. The molecule has 1 unspecified atom stereocenters. The molecule has 2 aromatic heterocycles. The van der Waals surface area contributed by atoms with Gasteiger partial charge in [-0.2, -0.15) is 0 Å². The Morgan fingerprint density at radius 3 is 2.71 bits per heavy atom. The fourth-order valence-electron chi connectivity index (χ4n) is 4.16. The van der Waals surface area contributed by atoms with Crippen molar-refractivity contribution >= 4 is 23.1 Å². The van der Waals surface area contributed by atoms with E-state index in [0.29, 0.717) is 36.8 Å². The molecule has 0 radical (unpaired) electrons.